The summed E-state index contributed by atoms with van der Waals surface area (Å²) in [6.45, 7) is 1.33. The number of rotatable bonds is 6. The fraction of sp³-hybridized carbons (Fsp3) is 0.571. The Balaban J connectivity index is 1.22. The highest BCUT2D eigenvalue weighted by molar-refractivity contribution is 5.79. The van der Waals surface area contributed by atoms with Crippen molar-refractivity contribution in [3.63, 3.8) is 0 Å². The van der Waals surface area contributed by atoms with Gasteiger partial charge in [-0.1, -0.05) is 0 Å². The topological polar surface area (TPSA) is 93.0 Å². The number of likely N-dealkylation sites (tertiary alicyclic amines) is 1. The van der Waals surface area contributed by atoms with E-state index in [0.717, 1.165) is 56.3 Å². The summed E-state index contributed by atoms with van der Waals surface area (Å²) >= 11 is 0. The molecule has 0 unspecified atom stereocenters. The van der Waals surface area contributed by atoms with Crippen molar-refractivity contribution in [2.24, 2.45) is 0 Å². The van der Waals surface area contributed by atoms with Crippen molar-refractivity contribution >= 4 is 11.8 Å². The normalized spacial score (nSPS) is 22.5. The van der Waals surface area contributed by atoms with Gasteiger partial charge < -0.3 is 10.2 Å². The molecule has 29 heavy (non-hydrogen) atoms. The van der Waals surface area contributed by atoms with Crippen LogP contribution in [0.2, 0.25) is 0 Å². The van der Waals surface area contributed by atoms with Crippen LogP contribution in [0.3, 0.4) is 0 Å². The van der Waals surface area contributed by atoms with Crippen molar-refractivity contribution in [3.05, 3.63) is 31.0 Å². The number of piperidine rings is 1. The molecular formula is C21H28N6O2. The van der Waals surface area contributed by atoms with Crippen LogP contribution in [0.1, 0.15) is 57.4 Å². The summed E-state index contributed by atoms with van der Waals surface area (Å²) in [5.74, 6) is 0.238. The Bertz CT molecular complexity index is 829. The Hall–Kier alpha value is -2.77. The van der Waals surface area contributed by atoms with Gasteiger partial charge in [0.05, 0.1) is 17.9 Å². The molecule has 1 saturated carbocycles. The number of nitrogens with zero attached hydrogens (tertiary/aromatic N) is 5. The summed E-state index contributed by atoms with van der Waals surface area (Å²) in [5.41, 5.74) is 1.87. The SMILES string of the molecule is O=C(CCN1CCCCC1=O)NC1CCC(n2cc(-c3ccncn3)cn2)CC1. The molecule has 1 saturated heterocycles. The summed E-state index contributed by atoms with van der Waals surface area (Å²) in [7, 11) is 0. The van der Waals surface area contributed by atoms with Crippen molar-refractivity contribution in [1.82, 2.24) is 30.0 Å². The minimum absolute atomic E-state index is 0.0527. The summed E-state index contributed by atoms with van der Waals surface area (Å²) in [4.78, 5) is 34.2. The van der Waals surface area contributed by atoms with Crippen molar-refractivity contribution in [3.8, 4) is 11.3 Å². The minimum Gasteiger partial charge on any atom is -0.353 e. The van der Waals surface area contributed by atoms with Gasteiger partial charge in [-0.05, 0) is 44.6 Å². The zero-order chi connectivity index (χ0) is 20.1. The number of amides is 2. The van der Waals surface area contributed by atoms with Crippen LogP contribution in [0.15, 0.2) is 31.0 Å². The Labute approximate surface area is 170 Å². The fourth-order valence-electron chi connectivity index (χ4n) is 4.25. The van der Waals surface area contributed by atoms with E-state index in [9.17, 15) is 9.59 Å². The molecule has 4 rings (SSSR count). The molecule has 0 bridgehead atoms. The van der Waals surface area contributed by atoms with Crippen LogP contribution in [-0.2, 0) is 9.59 Å². The average molecular weight is 396 g/mol. The first-order valence-corrected chi connectivity index (χ1v) is 10.6. The third-order valence-corrected chi connectivity index (χ3v) is 5.95. The molecule has 0 radical (unpaired) electrons. The fourth-order valence-corrected chi connectivity index (χ4v) is 4.25. The van der Waals surface area contributed by atoms with E-state index in [1.165, 1.54) is 0 Å². The summed E-state index contributed by atoms with van der Waals surface area (Å²) in [6, 6.07) is 2.45. The Morgan fingerprint density at radius 1 is 1.21 bits per heavy atom. The molecule has 1 aliphatic carbocycles. The maximum absolute atomic E-state index is 12.3. The number of nitrogens with one attached hydrogen (secondary N) is 1. The van der Waals surface area contributed by atoms with Gasteiger partial charge in [0.15, 0.2) is 0 Å². The second-order valence-electron chi connectivity index (χ2n) is 7.96. The minimum atomic E-state index is 0.0527. The maximum Gasteiger partial charge on any atom is 0.222 e. The monoisotopic (exact) mass is 396 g/mol. The molecule has 2 amide bonds. The zero-order valence-corrected chi connectivity index (χ0v) is 16.7. The van der Waals surface area contributed by atoms with Crippen molar-refractivity contribution in [2.45, 2.75) is 63.5 Å². The van der Waals surface area contributed by atoms with E-state index in [1.807, 2.05) is 28.0 Å². The molecular weight excluding hydrogens is 368 g/mol. The van der Waals surface area contributed by atoms with Crippen LogP contribution < -0.4 is 5.32 Å². The van der Waals surface area contributed by atoms with E-state index in [0.29, 0.717) is 25.4 Å². The third kappa shape index (κ3) is 4.99. The Kier molecular flexibility index (Phi) is 6.17. The largest absolute Gasteiger partial charge is 0.353 e. The number of hydrogen-bond acceptors (Lipinski definition) is 5. The molecule has 8 nitrogen and oxygen atoms in total. The van der Waals surface area contributed by atoms with Gasteiger partial charge in [0, 0.05) is 49.9 Å². The van der Waals surface area contributed by atoms with Crippen LogP contribution in [-0.4, -0.2) is 55.6 Å². The number of carbonyl (C=O) groups is 2. The van der Waals surface area contributed by atoms with E-state index in [-0.39, 0.29) is 17.9 Å². The second kappa shape index (κ2) is 9.15. The average Bonchev–Trinajstić information content (AvgIpc) is 3.25. The highest BCUT2D eigenvalue weighted by atomic mass is 16.2. The van der Waals surface area contributed by atoms with Crippen LogP contribution >= 0.6 is 0 Å². The molecule has 1 aliphatic heterocycles. The number of hydrogen-bond donors (Lipinski definition) is 1. The molecule has 8 heteroatoms. The first-order chi connectivity index (χ1) is 14.2. The molecule has 0 spiro atoms. The lowest BCUT2D eigenvalue weighted by Crippen LogP contribution is -2.41. The van der Waals surface area contributed by atoms with Crippen LogP contribution in [0.4, 0.5) is 0 Å². The van der Waals surface area contributed by atoms with Crippen LogP contribution in [0.5, 0.6) is 0 Å². The van der Waals surface area contributed by atoms with Crippen molar-refractivity contribution in [2.75, 3.05) is 13.1 Å². The molecule has 2 aromatic rings. The quantitative estimate of drug-likeness (QED) is 0.809. The van der Waals surface area contributed by atoms with Gasteiger partial charge in [-0.2, -0.15) is 5.10 Å². The zero-order valence-electron chi connectivity index (χ0n) is 16.7. The Morgan fingerprint density at radius 2 is 2.07 bits per heavy atom. The molecule has 3 heterocycles. The van der Waals surface area contributed by atoms with E-state index >= 15 is 0 Å². The lowest BCUT2D eigenvalue weighted by Gasteiger charge is -2.30. The lowest BCUT2D eigenvalue weighted by molar-refractivity contribution is -0.133. The summed E-state index contributed by atoms with van der Waals surface area (Å²) < 4.78 is 2.03. The van der Waals surface area contributed by atoms with Gasteiger partial charge in [0.25, 0.3) is 0 Å². The van der Waals surface area contributed by atoms with Gasteiger partial charge in [0.2, 0.25) is 11.8 Å². The number of carbonyl (C=O) groups excluding carboxylic acids is 2. The maximum atomic E-state index is 12.3. The first kappa shape index (κ1) is 19.5. The third-order valence-electron chi connectivity index (χ3n) is 5.95. The lowest BCUT2D eigenvalue weighted by atomic mass is 9.91. The standard InChI is InChI=1S/C21H28N6O2/c28-20(9-12-26-11-2-1-3-21(26)29)25-17-4-6-18(7-5-17)27-14-16(13-24-27)19-8-10-22-15-23-19/h8,10,13-15,17-18H,1-7,9,11-12H2,(H,25,28). The number of aromatic nitrogens is 4. The van der Waals surface area contributed by atoms with E-state index in [4.69, 9.17) is 0 Å². The molecule has 1 N–H and O–H groups in total. The van der Waals surface area contributed by atoms with Gasteiger partial charge in [-0.25, -0.2) is 9.97 Å². The molecule has 2 aromatic heterocycles. The van der Waals surface area contributed by atoms with E-state index in [2.05, 4.69) is 20.4 Å². The van der Waals surface area contributed by atoms with E-state index in [1.54, 1.807) is 12.5 Å². The van der Waals surface area contributed by atoms with Gasteiger partial charge in [-0.3, -0.25) is 14.3 Å². The van der Waals surface area contributed by atoms with Gasteiger partial charge in [0.1, 0.15) is 6.33 Å². The van der Waals surface area contributed by atoms with Gasteiger partial charge in [-0.15, -0.1) is 0 Å². The van der Waals surface area contributed by atoms with Crippen molar-refractivity contribution in [1.29, 1.82) is 0 Å². The predicted molar refractivity (Wildman–Crippen MR) is 108 cm³/mol. The highest BCUT2D eigenvalue weighted by Gasteiger charge is 2.25. The first-order valence-electron chi connectivity index (χ1n) is 10.6. The highest BCUT2D eigenvalue weighted by Crippen LogP contribution is 2.29. The van der Waals surface area contributed by atoms with Crippen molar-refractivity contribution < 1.29 is 9.59 Å². The van der Waals surface area contributed by atoms with Gasteiger partial charge >= 0.3 is 0 Å². The predicted octanol–water partition coefficient (Wildman–Crippen LogP) is 2.34. The van der Waals surface area contributed by atoms with E-state index < -0.39 is 0 Å². The summed E-state index contributed by atoms with van der Waals surface area (Å²) in [6.07, 6.45) is 14.1. The van der Waals surface area contributed by atoms with Crippen LogP contribution in [0.25, 0.3) is 11.3 Å². The second-order valence-corrected chi connectivity index (χ2v) is 7.96. The molecule has 154 valence electrons. The Morgan fingerprint density at radius 3 is 2.83 bits per heavy atom. The molecule has 0 aromatic carbocycles. The molecule has 0 atom stereocenters. The smallest absolute Gasteiger partial charge is 0.222 e. The molecule has 2 aliphatic rings. The van der Waals surface area contributed by atoms with Crippen LogP contribution in [0, 0.1) is 0 Å². The summed E-state index contributed by atoms with van der Waals surface area (Å²) in [5, 5.41) is 7.67. The molecule has 2 fully saturated rings.